The molecule has 1 aromatic heterocycles. The van der Waals surface area contributed by atoms with Crippen molar-refractivity contribution < 1.29 is 9.59 Å². The van der Waals surface area contributed by atoms with Crippen molar-refractivity contribution in [1.82, 2.24) is 10.3 Å². The van der Waals surface area contributed by atoms with E-state index in [4.69, 9.17) is 0 Å². The Morgan fingerprint density at radius 2 is 1.83 bits per heavy atom. The number of rotatable bonds is 2. The second kappa shape index (κ2) is 5.05. The third-order valence-electron chi connectivity index (χ3n) is 4.32. The Labute approximate surface area is 133 Å². The van der Waals surface area contributed by atoms with Gasteiger partial charge in [0.2, 0.25) is 0 Å². The van der Waals surface area contributed by atoms with Crippen LogP contribution in [0.5, 0.6) is 0 Å². The van der Waals surface area contributed by atoms with Crippen molar-refractivity contribution in [3.63, 3.8) is 0 Å². The highest BCUT2D eigenvalue weighted by atomic mass is 16.2. The van der Waals surface area contributed by atoms with Crippen LogP contribution in [0.25, 0.3) is 5.57 Å². The topological polar surface area (TPSA) is 62.3 Å². The minimum Gasteiger partial charge on any atom is -0.333 e. The van der Waals surface area contributed by atoms with Gasteiger partial charge in [-0.2, -0.15) is 0 Å². The number of hydrogen-bond acceptors (Lipinski definition) is 4. The second-order valence-corrected chi connectivity index (χ2v) is 5.79. The van der Waals surface area contributed by atoms with Gasteiger partial charge >= 0.3 is 0 Å². The molecule has 0 saturated heterocycles. The van der Waals surface area contributed by atoms with Gasteiger partial charge in [0.05, 0.1) is 5.57 Å². The number of imide groups is 1. The highest BCUT2D eigenvalue weighted by molar-refractivity contribution is 6.37. The Morgan fingerprint density at radius 1 is 1.09 bits per heavy atom. The highest BCUT2D eigenvalue weighted by Crippen LogP contribution is 2.38. The van der Waals surface area contributed by atoms with Crippen LogP contribution in [-0.2, 0) is 16.0 Å². The lowest BCUT2D eigenvalue weighted by atomic mass is 10.1. The van der Waals surface area contributed by atoms with Crippen molar-refractivity contribution in [2.24, 2.45) is 0 Å². The molecule has 2 aliphatic rings. The van der Waals surface area contributed by atoms with Crippen LogP contribution in [0.15, 0.2) is 54.5 Å². The van der Waals surface area contributed by atoms with Crippen molar-refractivity contribution in [3.05, 3.63) is 65.6 Å². The standard InChI is InChI=1S/C18H15N3O2/c1-11-10-13-4-2-3-5-14(13)21(11)16-15(17(22)20-18(16)23)12-6-8-19-9-7-12/h2-9,11H,10H2,1H3,(H,20,22,23). The van der Waals surface area contributed by atoms with E-state index in [0.717, 1.165) is 12.1 Å². The van der Waals surface area contributed by atoms with Gasteiger partial charge in [0.1, 0.15) is 5.70 Å². The van der Waals surface area contributed by atoms with Crippen LogP contribution in [0, 0.1) is 0 Å². The van der Waals surface area contributed by atoms with E-state index in [1.165, 1.54) is 5.56 Å². The number of nitrogens with zero attached hydrogens (tertiary/aromatic N) is 2. The van der Waals surface area contributed by atoms with Gasteiger partial charge in [0.25, 0.3) is 11.8 Å². The van der Waals surface area contributed by atoms with E-state index >= 15 is 0 Å². The molecule has 2 aromatic rings. The van der Waals surface area contributed by atoms with E-state index in [0.29, 0.717) is 16.8 Å². The molecule has 1 N–H and O–H groups in total. The monoisotopic (exact) mass is 305 g/mol. The summed E-state index contributed by atoms with van der Waals surface area (Å²) in [5.41, 5.74) is 3.73. The molecule has 3 heterocycles. The summed E-state index contributed by atoms with van der Waals surface area (Å²) >= 11 is 0. The maximum absolute atomic E-state index is 12.5. The lowest BCUT2D eigenvalue weighted by Gasteiger charge is -2.25. The van der Waals surface area contributed by atoms with E-state index in [9.17, 15) is 9.59 Å². The smallest absolute Gasteiger partial charge is 0.275 e. The summed E-state index contributed by atoms with van der Waals surface area (Å²) < 4.78 is 0. The van der Waals surface area contributed by atoms with Crippen LogP contribution >= 0.6 is 0 Å². The summed E-state index contributed by atoms with van der Waals surface area (Å²) in [5.74, 6) is -0.696. The first kappa shape index (κ1) is 13.7. The van der Waals surface area contributed by atoms with Gasteiger partial charge in [-0.05, 0) is 42.7 Å². The molecule has 23 heavy (non-hydrogen) atoms. The molecule has 0 aliphatic carbocycles. The van der Waals surface area contributed by atoms with Crippen LogP contribution in [-0.4, -0.2) is 22.8 Å². The molecule has 0 radical (unpaired) electrons. The summed E-state index contributed by atoms with van der Waals surface area (Å²) in [6.45, 7) is 2.06. The molecule has 114 valence electrons. The Hall–Kier alpha value is -2.95. The van der Waals surface area contributed by atoms with Crippen molar-refractivity contribution in [2.75, 3.05) is 4.90 Å². The number of benzene rings is 1. The van der Waals surface area contributed by atoms with E-state index < -0.39 is 0 Å². The normalized spacial score (nSPS) is 20.0. The van der Waals surface area contributed by atoms with Gasteiger partial charge in [0.15, 0.2) is 0 Å². The first-order valence-corrected chi connectivity index (χ1v) is 7.54. The third-order valence-corrected chi connectivity index (χ3v) is 4.32. The molecule has 1 atom stereocenters. The zero-order valence-electron chi connectivity index (χ0n) is 12.6. The first-order valence-electron chi connectivity index (χ1n) is 7.54. The van der Waals surface area contributed by atoms with Crippen LogP contribution in [0.2, 0.25) is 0 Å². The number of nitrogens with one attached hydrogen (secondary N) is 1. The van der Waals surface area contributed by atoms with Gasteiger partial charge < -0.3 is 4.90 Å². The molecule has 0 bridgehead atoms. The van der Waals surface area contributed by atoms with E-state index in [1.54, 1.807) is 24.5 Å². The number of carbonyl (C=O) groups is 2. The molecular weight excluding hydrogens is 290 g/mol. The van der Waals surface area contributed by atoms with E-state index in [-0.39, 0.29) is 17.9 Å². The average Bonchev–Trinajstić information content (AvgIpc) is 3.03. The Morgan fingerprint density at radius 3 is 2.61 bits per heavy atom. The molecule has 0 saturated carbocycles. The Kier molecular flexibility index (Phi) is 3.01. The number of amides is 2. The minimum absolute atomic E-state index is 0.121. The number of hydrogen-bond donors (Lipinski definition) is 1. The summed E-state index contributed by atoms with van der Waals surface area (Å²) in [5, 5.41) is 2.43. The zero-order chi connectivity index (χ0) is 16.0. The number of fused-ring (bicyclic) bond motifs is 1. The fourth-order valence-electron chi connectivity index (χ4n) is 3.37. The highest BCUT2D eigenvalue weighted by Gasteiger charge is 2.40. The lowest BCUT2D eigenvalue weighted by Crippen LogP contribution is -2.34. The summed E-state index contributed by atoms with van der Waals surface area (Å²) in [7, 11) is 0. The maximum atomic E-state index is 12.5. The molecule has 1 aromatic carbocycles. The van der Waals surface area contributed by atoms with E-state index in [2.05, 4.69) is 23.3 Å². The maximum Gasteiger partial charge on any atom is 0.275 e. The number of pyridine rings is 1. The minimum atomic E-state index is -0.354. The quantitative estimate of drug-likeness (QED) is 0.861. The first-order chi connectivity index (χ1) is 11.2. The van der Waals surface area contributed by atoms with Crippen LogP contribution in [0.1, 0.15) is 18.1 Å². The van der Waals surface area contributed by atoms with Crippen molar-refractivity contribution >= 4 is 23.1 Å². The molecule has 2 aliphatic heterocycles. The summed E-state index contributed by atoms with van der Waals surface area (Å²) in [6.07, 6.45) is 4.10. The fraction of sp³-hybridized carbons (Fsp3) is 0.167. The number of carbonyl (C=O) groups excluding carboxylic acids is 2. The van der Waals surface area contributed by atoms with Gasteiger partial charge in [-0.15, -0.1) is 0 Å². The molecule has 4 rings (SSSR count). The molecule has 5 nitrogen and oxygen atoms in total. The summed E-state index contributed by atoms with van der Waals surface area (Å²) in [6, 6.07) is 11.6. The molecule has 2 amide bonds. The zero-order valence-corrected chi connectivity index (χ0v) is 12.6. The molecular formula is C18H15N3O2. The van der Waals surface area contributed by atoms with Gasteiger partial charge in [-0.3, -0.25) is 19.9 Å². The van der Waals surface area contributed by atoms with Crippen LogP contribution in [0.3, 0.4) is 0 Å². The lowest BCUT2D eigenvalue weighted by molar-refractivity contribution is -0.123. The second-order valence-electron chi connectivity index (χ2n) is 5.79. The fourth-order valence-corrected chi connectivity index (χ4v) is 3.37. The third kappa shape index (κ3) is 2.04. The van der Waals surface area contributed by atoms with Crippen LogP contribution in [0.4, 0.5) is 5.69 Å². The van der Waals surface area contributed by atoms with Crippen molar-refractivity contribution in [1.29, 1.82) is 0 Å². The SMILES string of the molecule is CC1Cc2ccccc2N1C1=C(c2ccncc2)C(=O)NC1=O. The van der Waals surface area contributed by atoms with Crippen LogP contribution < -0.4 is 10.2 Å². The summed E-state index contributed by atoms with van der Waals surface area (Å²) in [4.78, 5) is 30.8. The largest absolute Gasteiger partial charge is 0.333 e. The number of aromatic nitrogens is 1. The Bertz CT molecular complexity index is 842. The molecule has 1 unspecified atom stereocenters. The predicted octanol–water partition coefficient (Wildman–Crippen LogP) is 1.90. The van der Waals surface area contributed by atoms with Crippen molar-refractivity contribution in [3.8, 4) is 0 Å². The van der Waals surface area contributed by atoms with Gasteiger partial charge in [-0.25, -0.2) is 0 Å². The molecule has 5 heteroatoms. The van der Waals surface area contributed by atoms with E-state index in [1.807, 2.05) is 23.1 Å². The number of anilines is 1. The molecule has 0 fully saturated rings. The predicted molar refractivity (Wildman–Crippen MR) is 86.4 cm³/mol. The van der Waals surface area contributed by atoms with Gasteiger partial charge in [-0.1, -0.05) is 18.2 Å². The van der Waals surface area contributed by atoms with Gasteiger partial charge in [0, 0.05) is 24.1 Å². The van der Waals surface area contributed by atoms with Crippen molar-refractivity contribution in [2.45, 2.75) is 19.4 Å². The average molecular weight is 305 g/mol. The number of para-hydroxylation sites is 1. The molecule has 0 spiro atoms. The Balaban J connectivity index is 1.93.